The van der Waals surface area contributed by atoms with Crippen LogP contribution in [0.25, 0.3) is 0 Å². The minimum atomic E-state index is 0.168. The summed E-state index contributed by atoms with van der Waals surface area (Å²) < 4.78 is 1.04. The van der Waals surface area contributed by atoms with Crippen LogP contribution < -0.4 is 11.2 Å². The SMILES string of the molecule is CC(=NNC(N)=S)c1ccc(Br)cc1. The molecule has 0 bridgehead atoms. The molecule has 1 rings (SSSR count). The van der Waals surface area contributed by atoms with Crippen molar-refractivity contribution in [3.05, 3.63) is 34.3 Å². The van der Waals surface area contributed by atoms with Crippen LogP contribution in [0, 0.1) is 0 Å². The first-order valence-electron chi connectivity index (χ1n) is 3.95. The molecule has 0 aliphatic heterocycles. The summed E-state index contributed by atoms with van der Waals surface area (Å²) in [6.07, 6.45) is 0. The molecular weight excluding hydrogens is 262 g/mol. The molecule has 0 aliphatic rings. The lowest BCUT2D eigenvalue weighted by Gasteiger charge is -2.01. The molecule has 0 saturated carbocycles. The Hall–Kier alpha value is -0.940. The standard InChI is InChI=1S/C9H10BrN3S/c1-6(12-13-9(11)14)7-2-4-8(10)5-3-7/h2-5H,1H3,(H3,11,13,14). The second-order valence-corrected chi connectivity index (χ2v) is 4.04. The van der Waals surface area contributed by atoms with Crippen LogP contribution in [0.1, 0.15) is 12.5 Å². The fourth-order valence-electron chi connectivity index (χ4n) is 0.895. The van der Waals surface area contributed by atoms with Crippen molar-refractivity contribution in [2.45, 2.75) is 6.92 Å². The number of hydrogen-bond donors (Lipinski definition) is 2. The lowest BCUT2D eigenvalue weighted by Crippen LogP contribution is -2.25. The fourth-order valence-corrected chi connectivity index (χ4v) is 1.20. The Labute approximate surface area is 96.5 Å². The van der Waals surface area contributed by atoms with E-state index in [1.807, 2.05) is 31.2 Å². The van der Waals surface area contributed by atoms with E-state index >= 15 is 0 Å². The molecular formula is C9H10BrN3S. The summed E-state index contributed by atoms with van der Waals surface area (Å²) in [6, 6.07) is 7.83. The van der Waals surface area contributed by atoms with E-state index < -0.39 is 0 Å². The molecule has 1 aromatic carbocycles. The van der Waals surface area contributed by atoms with Crippen LogP contribution in [0.3, 0.4) is 0 Å². The lowest BCUT2D eigenvalue weighted by molar-refractivity contribution is 1.03. The van der Waals surface area contributed by atoms with Gasteiger partial charge in [-0.25, -0.2) is 0 Å². The van der Waals surface area contributed by atoms with Gasteiger partial charge in [0.1, 0.15) is 0 Å². The Bertz CT molecular complexity index is 359. The smallest absolute Gasteiger partial charge is 0.184 e. The van der Waals surface area contributed by atoms with Crippen LogP contribution in [0.4, 0.5) is 0 Å². The highest BCUT2D eigenvalue weighted by Gasteiger charge is 1.96. The van der Waals surface area contributed by atoms with Gasteiger partial charge >= 0.3 is 0 Å². The molecule has 0 amide bonds. The van der Waals surface area contributed by atoms with Gasteiger partial charge in [-0.2, -0.15) is 5.10 Å². The van der Waals surface area contributed by atoms with Crippen molar-refractivity contribution in [2.24, 2.45) is 10.8 Å². The third-order valence-corrected chi connectivity index (χ3v) is 2.22. The third kappa shape index (κ3) is 3.43. The quantitative estimate of drug-likeness (QED) is 0.492. The number of nitrogens with zero attached hydrogens (tertiary/aromatic N) is 1. The van der Waals surface area contributed by atoms with E-state index in [1.54, 1.807) is 0 Å². The minimum Gasteiger partial charge on any atom is -0.375 e. The van der Waals surface area contributed by atoms with Crippen molar-refractivity contribution >= 4 is 39.0 Å². The molecule has 0 unspecified atom stereocenters. The first-order valence-corrected chi connectivity index (χ1v) is 5.15. The summed E-state index contributed by atoms with van der Waals surface area (Å²) in [5.41, 5.74) is 9.66. The molecule has 5 heteroatoms. The van der Waals surface area contributed by atoms with E-state index in [1.165, 1.54) is 0 Å². The van der Waals surface area contributed by atoms with Crippen molar-refractivity contribution in [2.75, 3.05) is 0 Å². The molecule has 0 spiro atoms. The summed E-state index contributed by atoms with van der Waals surface area (Å²) in [6.45, 7) is 1.88. The molecule has 14 heavy (non-hydrogen) atoms. The zero-order valence-corrected chi connectivity index (χ0v) is 10.0. The molecule has 0 aliphatic carbocycles. The van der Waals surface area contributed by atoms with Crippen LogP contribution in [0.5, 0.6) is 0 Å². The van der Waals surface area contributed by atoms with E-state index in [4.69, 9.17) is 5.73 Å². The minimum absolute atomic E-state index is 0.168. The van der Waals surface area contributed by atoms with Crippen LogP contribution >= 0.6 is 28.1 Å². The zero-order chi connectivity index (χ0) is 10.6. The molecule has 0 heterocycles. The number of hydrogen-bond acceptors (Lipinski definition) is 2. The predicted octanol–water partition coefficient (Wildman–Crippen LogP) is 2.01. The van der Waals surface area contributed by atoms with Crippen LogP contribution in [0.2, 0.25) is 0 Å². The highest BCUT2D eigenvalue weighted by atomic mass is 79.9. The van der Waals surface area contributed by atoms with E-state index in [2.05, 4.69) is 38.7 Å². The van der Waals surface area contributed by atoms with Crippen LogP contribution in [-0.2, 0) is 0 Å². The zero-order valence-electron chi connectivity index (χ0n) is 7.62. The van der Waals surface area contributed by atoms with Gasteiger partial charge in [-0.3, -0.25) is 5.43 Å². The fraction of sp³-hybridized carbons (Fsp3) is 0.111. The van der Waals surface area contributed by atoms with Crippen molar-refractivity contribution in [3.63, 3.8) is 0 Å². The Kier molecular flexibility index (Phi) is 4.03. The maximum atomic E-state index is 5.25. The number of benzene rings is 1. The normalized spacial score (nSPS) is 11.1. The Morgan fingerprint density at radius 2 is 2.00 bits per heavy atom. The molecule has 3 N–H and O–H groups in total. The van der Waals surface area contributed by atoms with E-state index in [9.17, 15) is 0 Å². The van der Waals surface area contributed by atoms with Crippen LogP contribution in [0.15, 0.2) is 33.8 Å². The van der Waals surface area contributed by atoms with Crippen molar-refractivity contribution in [3.8, 4) is 0 Å². The summed E-state index contributed by atoms with van der Waals surface area (Å²) in [7, 11) is 0. The highest BCUT2D eigenvalue weighted by Crippen LogP contribution is 2.10. The number of hydrazone groups is 1. The van der Waals surface area contributed by atoms with Gasteiger partial charge in [0.05, 0.1) is 5.71 Å². The van der Waals surface area contributed by atoms with E-state index in [0.717, 1.165) is 15.7 Å². The topological polar surface area (TPSA) is 50.4 Å². The number of nitrogens with two attached hydrogens (primary N) is 1. The lowest BCUT2D eigenvalue weighted by atomic mass is 10.1. The molecule has 0 fully saturated rings. The first kappa shape index (κ1) is 11.1. The molecule has 0 radical (unpaired) electrons. The first-order chi connectivity index (χ1) is 6.59. The number of rotatable bonds is 2. The van der Waals surface area contributed by atoms with Gasteiger partial charge in [-0.05, 0) is 36.8 Å². The van der Waals surface area contributed by atoms with Crippen LogP contribution in [-0.4, -0.2) is 10.8 Å². The number of thiocarbonyl (C=S) groups is 1. The summed E-state index contributed by atoms with van der Waals surface area (Å²) in [4.78, 5) is 0. The molecule has 0 atom stereocenters. The molecule has 3 nitrogen and oxygen atoms in total. The van der Waals surface area contributed by atoms with Gasteiger partial charge in [0.2, 0.25) is 0 Å². The second-order valence-electron chi connectivity index (χ2n) is 2.68. The average molecular weight is 272 g/mol. The largest absolute Gasteiger partial charge is 0.375 e. The van der Waals surface area contributed by atoms with Gasteiger partial charge in [0.25, 0.3) is 0 Å². The Morgan fingerprint density at radius 1 is 1.43 bits per heavy atom. The van der Waals surface area contributed by atoms with E-state index in [0.29, 0.717) is 0 Å². The number of halogens is 1. The van der Waals surface area contributed by atoms with Crippen molar-refractivity contribution in [1.82, 2.24) is 5.43 Å². The summed E-state index contributed by atoms with van der Waals surface area (Å²) in [5.74, 6) is 0. The predicted molar refractivity (Wildman–Crippen MR) is 66.3 cm³/mol. The Balaban J connectivity index is 2.78. The monoisotopic (exact) mass is 271 g/mol. The molecule has 1 aromatic rings. The third-order valence-electron chi connectivity index (χ3n) is 1.60. The molecule has 74 valence electrons. The summed E-state index contributed by atoms with van der Waals surface area (Å²) in [5, 5.41) is 4.18. The maximum absolute atomic E-state index is 5.25. The van der Waals surface area contributed by atoms with Gasteiger partial charge < -0.3 is 5.73 Å². The maximum Gasteiger partial charge on any atom is 0.184 e. The second kappa shape index (κ2) is 5.07. The van der Waals surface area contributed by atoms with Crippen molar-refractivity contribution in [1.29, 1.82) is 0 Å². The molecule has 0 saturated heterocycles. The van der Waals surface area contributed by atoms with Gasteiger partial charge in [0, 0.05) is 4.47 Å². The van der Waals surface area contributed by atoms with E-state index in [-0.39, 0.29) is 5.11 Å². The van der Waals surface area contributed by atoms with Crippen molar-refractivity contribution < 1.29 is 0 Å². The van der Waals surface area contributed by atoms with Gasteiger partial charge in [-0.15, -0.1) is 0 Å². The average Bonchev–Trinajstić information content (AvgIpc) is 2.15. The highest BCUT2D eigenvalue weighted by molar-refractivity contribution is 9.10. The molecule has 0 aromatic heterocycles. The number of nitrogens with one attached hydrogen (secondary N) is 1. The Morgan fingerprint density at radius 3 is 2.50 bits per heavy atom. The van der Waals surface area contributed by atoms with Gasteiger partial charge in [-0.1, -0.05) is 28.1 Å². The van der Waals surface area contributed by atoms with Gasteiger partial charge in [0.15, 0.2) is 5.11 Å². The summed E-state index contributed by atoms with van der Waals surface area (Å²) >= 11 is 8.00.